The van der Waals surface area contributed by atoms with Crippen LogP contribution in [0.4, 0.5) is 0 Å². The van der Waals surface area contributed by atoms with Crippen molar-refractivity contribution in [2.75, 3.05) is 6.61 Å². The first-order valence-corrected chi connectivity index (χ1v) is 15.1. The van der Waals surface area contributed by atoms with Gasteiger partial charge in [0.1, 0.15) is 6.04 Å². The molecule has 0 saturated heterocycles. The van der Waals surface area contributed by atoms with Crippen molar-refractivity contribution < 1.29 is 24.2 Å². The summed E-state index contributed by atoms with van der Waals surface area (Å²) in [7, 11) is 0. The number of rotatable bonds is 14. The normalized spacial score (nSPS) is 14.3. The standard InChI is InChI=1S/C36H46N2O5/c1-7-43-31(35(41)42)30(18-12-14-26-19-21-28(22-20-26)29-17-11-13-24(2)23-29)33(39)38-32(36(4,5)6)34(40)37-25(3)27-15-9-8-10-16-27/h8-11,13,15-17,19-23,25,30-32H,7,12,14,18H2,1-6H3,(H,37,40)(H,38,39)(H,41,42)/t25-,30-,31+,32-/m1/s1. The van der Waals surface area contributed by atoms with Gasteiger partial charge in [-0.3, -0.25) is 9.59 Å². The van der Waals surface area contributed by atoms with Gasteiger partial charge in [0, 0.05) is 6.61 Å². The van der Waals surface area contributed by atoms with Gasteiger partial charge >= 0.3 is 5.97 Å². The van der Waals surface area contributed by atoms with Gasteiger partial charge in [-0.15, -0.1) is 0 Å². The molecule has 0 aliphatic heterocycles. The molecule has 0 spiro atoms. The number of ether oxygens (including phenoxy) is 1. The van der Waals surface area contributed by atoms with Crippen LogP contribution < -0.4 is 10.6 Å². The Balaban J connectivity index is 1.73. The monoisotopic (exact) mass is 586 g/mol. The lowest BCUT2D eigenvalue weighted by atomic mass is 9.84. The number of benzene rings is 3. The summed E-state index contributed by atoms with van der Waals surface area (Å²) in [5.74, 6) is -2.99. The minimum absolute atomic E-state index is 0.152. The summed E-state index contributed by atoms with van der Waals surface area (Å²) in [5, 5.41) is 15.9. The summed E-state index contributed by atoms with van der Waals surface area (Å²) in [6.07, 6.45) is 0.228. The molecule has 3 aromatic rings. The van der Waals surface area contributed by atoms with Crippen LogP contribution in [0.2, 0.25) is 0 Å². The second-order valence-corrected chi connectivity index (χ2v) is 12.2. The lowest BCUT2D eigenvalue weighted by Crippen LogP contribution is -2.56. The first-order chi connectivity index (χ1) is 20.4. The average Bonchev–Trinajstić information content (AvgIpc) is 2.97. The van der Waals surface area contributed by atoms with Crippen molar-refractivity contribution in [3.05, 3.63) is 95.6 Å². The number of carboxylic acid groups (broad SMARTS) is 1. The van der Waals surface area contributed by atoms with Gasteiger partial charge in [0.15, 0.2) is 6.10 Å². The molecule has 3 N–H and O–H groups in total. The number of aliphatic carboxylic acids is 1. The van der Waals surface area contributed by atoms with Gasteiger partial charge in [0.25, 0.3) is 0 Å². The third-order valence-corrected chi connectivity index (χ3v) is 7.65. The van der Waals surface area contributed by atoms with E-state index in [2.05, 4.69) is 60.0 Å². The predicted octanol–water partition coefficient (Wildman–Crippen LogP) is 6.50. The first kappa shape index (κ1) is 33.5. The quantitative estimate of drug-likeness (QED) is 0.200. The highest BCUT2D eigenvalue weighted by atomic mass is 16.5. The zero-order chi connectivity index (χ0) is 31.6. The lowest BCUT2D eigenvalue weighted by molar-refractivity contribution is -0.158. The fraction of sp³-hybridized carbons (Fsp3) is 0.417. The van der Waals surface area contributed by atoms with Gasteiger partial charge in [-0.1, -0.05) is 105 Å². The van der Waals surface area contributed by atoms with Crippen LogP contribution in [0, 0.1) is 18.3 Å². The summed E-state index contributed by atoms with van der Waals surface area (Å²) in [6, 6.07) is 25.1. The van der Waals surface area contributed by atoms with Crippen molar-refractivity contribution in [1.29, 1.82) is 0 Å². The van der Waals surface area contributed by atoms with Crippen LogP contribution >= 0.6 is 0 Å². The average molecular weight is 587 g/mol. The van der Waals surface area contributed by atoms with E-state index >= 15 is 0 Å². The van der Waals surface area contributed by atoms with Crippen LogP contribution in [0.1, 0.15) is 70.2 Å². The Morgan fingerprint density at radius 1 is 0.860 bits per heavy atom. The molecule has 3 rings (SSSR count). The Bertz CT molecular complexity index is 1350. The summed E-state index contributed by atoms with van der Waals surface area (Å²) >= 11 is 0. The van der Waals surface area contributed by atoms with Gasteiger partial charge in [-0.25, -0.2) is 4.79 Å². The Labute approximate surface area is 256 Å². The molecule has 4 atom stereocenters. The van der Waals surface area contributed by atoms with Gasteiger partial charge in [-0.2, -0.15) is 0 Å². The van der Waals surface area contributed by atoms with Crippen LogP contribution in [-0.4, -0.2) is 41.6 Å². The zero-order valence-electron chi connectivity index (χ0n) is 26.2. The van der Waals surface area contributed by atoms with E-state index in [1.54, 1.807) is 6.92 Å². The molecule has 0 unspecified atom stereocenters. The summed E-state index contributed by atoms with van der Waals surface area (Å²) in [5.41, 5.74) is 4.90. The molecule has 0 saturated carbocycles. The van der Waals surface area contributed by atoms with Gasteiger partial charge in [-0.05, 0) is 67.7 Å². The summed E-state index contributed by atoms with van der Waals surface area (Å²) in [4.78, 5) is 39.4. The molecular weight excluding hydrogens is 540 g/mol. The Morgan fingerprint density at radius 2 is 1.53 bits per heavy atom. The largest absolute Gasteiger partial charge is 0.479 e. The highest BCUT2D eigenvalue weighted by molar-refractivity contribution is 5.91. The number of aryl methyl sites for hydroxylation is 2. The van der Waals surface area contributed by atoms with Crippen LogP contribution in [0.3, 0.4) is 0 Å². The summed E-state index contributed by atoms with van der Waals surface area (Å²) < 4.78 is 5.55. The third-order valence-electron chi connectivity index (χ3n) is 7.65. The van der Waals surface area contributed by atoms with Crippen LogP contribution in [-0.2, 0) is 25.5 Å². The molecule has 230 valence electrons. The van der Waals surface area contributed by atoms with Crippen molar-refractivity contribution >= 4 is 17.8 Å². The molecule has 0 fully saturated rings. The fourth-order valence-corrected chi connectivity index (χ4v) is 5.22. The molecule has 0 bridgehead atoms. The van der Waals surface area contributed by atoms with E-state index in [1.807, 2.05) is 64.1 Å². The topological polar surface area (TPSA) is 105 Å². The third kappa shape index (κ3) is 9.79. The van der Waals surface area contributed by atoms with E-state index in [1.165, 1.54) is 5.56 Å². The molecule has 3 aromatic carbocycles. The molecule has 0 aliphatic rings. The fourth-order valence-electron chi connectivity index (χ4n) is 5.22. The number of hydrogen-bond donors (Lipinski definition) is 3. The van der Waals surface area contributed by atoms with Crippen LogP contribution in [0.25, 0.3) is 11.1 Å². The lowest BCUT2D eigenvalue weighted by Gasteiger charge is -2.33. The van der Waals surface area contributed by atoms with Crippen molar-refractivity contribution in [3.63, 3.8) is 0 Å². The van der Waals surface area contributed by atoms with Crippen molar-refractivity contribution in [2.24, 2.45) is 11.3 Å². The maximum absolute atomic E-state index is 13.7. The Morgan fingerprint density at radius 3 is 2.12 bits per heavy atom. The van der Waals surface area contributed by atoms with E-state index < -0.39 is 35.4 Å². The number of nitrogens with one attached hydrogen (secondary N) is 2. The number of carboxylic acids is 1. The molecular formula is C36H46N2O5. The number of carbonyl (C=O) groups is 3. The molecule has 7 heteroatoms. The van der Waals surface area contributed by atoms with Crippen molar-refractivity contribution in [1.82, 2.24) is 10.6 Å². The molecule has 0 radical (unpaired) electrons. The number of hydrogen-bond acceptors (Lipinski definition) is 4. The van der Waals surface area contributed by atoms with E-state index in [-0.39, 0.29) is 18.6 Å². The predicted molar refractivity (Wildman–Crippen MR) is 170 cm³/mol. The second kappa shape index (κ2) is 15.5. The van der Waals surface area contributed by atoms with Crippen LogP contribution in [0.15, 0.2) is 78.9 Å². The van der Waals surface area contributed by atoms with E-state index in [0.29, 0.717) is 19.3 Å². The number of amides is 2. The SMILES string of the molecule is CCO[C@H](C(=O)O)[C@@H](CCCc1ccc(-c2cccc(C)c2)cc1)C(=O)N[C@H](C(=O)N[C@H](C)c1ccccc1)C(C)(C)C. The zero-order valence-corrected chi connectivity index (χ0v) is 26.2. The van der Waals surface area contributed by atoms with E-state index in [4.69, 9.17) is 4.74 Å². The van der Waals surface area contributed by atoms with E-state index in [9.17, 15) is 19.5 Å². The van der Waals surface area contributed by atoms with Crippen molar-refractivity contribution in [3.8, 4) is 11.1 Å². The smallest absolute Gasteiger partial charge is 0.333 e. The molecule has 0 heterocycles. The highest BCUT2D eigenvalue weighted by Gasteiger charge is 2.39. The van der Waals surface area contributed by atoms with Gasteiger partial charge in [0.2, 0.25) is 11.8 Å². The Kier molecular flexibility index (Phi) is 12.1. The highest BCUT2D eigenvalue weighted by Crippen LogP contribution is 2.25. The van der Waals surface area contributed by atoms with Gasteiger partial charge < -0.3 is 20.5 Å². The molecule has 2 amide bonds. The summed E-state index contributed by atoms with van der Waals surface area (Å²) in [6.45, 7) is 11.4. The van der Waals surface area contributed by atoms with E-state index in [0.717, 1.165) is 22.3 Å². The molecule has 43 heavy (non-hydrogen) atoms. The van der Waals surface area contributed by atoms with Gasteiger partial charge in [0.05, 0.1) is 12.0 Å². The minimum atomic E-state index is -1.32. The molecule has 7 nitrogen and oxygen atoms in total. The molecule has 0 aliphatic carbocycles. The first-order valence-electron chi connectivity index (χ1n) is 15.1. The molecule has 0 aromatic heterocycles. The maximum atomic E-state index is 13.7. The maximum Gasteiger partial charge on any atom is 0.333 e. The van der Waals surface area contributed by atoms with Crippen LogP contribution in [0.5, 0.6) is 0 Å². The Hall–Kier alpha value is -3.97. The second-order valence-electron chi connectivity index (χ2n) is 12.2. The number of carbonyl (C=O) groups excluding carboxylic acids is 2. The minimum Gasteiger partial charge on any atom is -0.479 e. The van der Waals surface area contributed by atoms with Crippen molar-refractivity contribution in [2.45, 2.75) is 79.0 Å².